The van der Waals surface area contributed by atoms with Gasteiger partial charge in [0.05, 0.1) is 5.75 Å². The van der Waals surface area contributed by atoms with Crippen LogP contribution in [-0.4, -0.2) is 68.6 Å². The van der Waals surface area contributed by atoms with E-state index in [1.54, 1.807) is 0 Å². The number of hydrogen-bond donors (Lipinski definition) is 1. The third kappa shape index (κ3) is 4.67. The molecule has 2 fully saturated rings. The summed E-state index contributed by atoms with van der Waals surface area (Å²) >= 11 is 0. The van der Waals surface area contributed by atoms with E-state index >= 15 is 0 Å². The summed E-state index contributed by atoms with van der Waals surface area (Å²) in [6, 6.07) is -0.478. The maximum atomic E-state index is 13.0. The van der Waals surface area contributed by atoms with Gasteiger partial charge >= 0.3 is 0 Å². The lowest BCUT2D eigenvalue weighted by Gasteiger charge is -2.39. The molecule has 0 saturated carbocycles. The number of carbonyl (C=O) groups excluding carboxylic acids is 1. The molecule has 23 heavy (non-hydrogen) atoms. The number of likely N-dealkylation sites (tertiary alicyclic amines) is 1. The highest BCUT2D eigenvalue weighted by Gasteiger charge is 2.39. The van der Waals surface area contributed by atoms with Crippen LogP contribution in [-0.2, 0) is 14.8 Å². The molecular weight excluding hydrogens is 314 g/mol. The lowest BCUT2D eigenvalue weighted by Crippen LogP contribution is -2.55. The van der Waals surface area contributed by atoms with E-state index < -0.39 is 16.1 Å². The highest BCUT2D eigenvalue weighted by molar-refractivity contribution is 7.89. The van der Waals surface area contributed by atoms with Gasteiger partial charge in [-0.15, -0.1) is 0 Å². The molecule has 7 heteroatoms. The Kier molecular flexibility index (Phi) is 6.85. The fourth-order valence-corrected chi connectivity index (χ4v) is 5.53. The molecule has 2 unspecified atom stereocenters. The smallest absolute Gasteiger partial charge is 0.241 e. The van der Waals surface area contributed by atoms with Gasteiger partial charge in [0.1, 0.15) is 6.04 Å². The van der Waals surface area contributed by atoms with Crippen LogP contribution in [0.5, 0.6) is 0 Å². The summed E-state index contributed by atoms with van der Waals surface area (Å²) in [6.07, 6.45) is 5.18. The number of amides is 1. The zero-order valence-corrected chi connectivity index (χ0v) is 15.3. The molecule has 0 aromatic heterocycles. The summed E-state index contributed by atoms with van der Waals surface area (Å²) in [6.45, 7) is 4.78. The molecule has 2 aliphatic rings. The number of rotatable bonds is 6. The van der Waals surface area contributed by atoms with Crippen molar-refractivity contribution in [2.24, 2.45) is 5.92 Å². The van der Waals surface area contributed by atoms with Gasteiger partial charge in [-0.2, -0.15) is 4.31 Å². The van der Waals surface area contributed by atoms with Crippen molar-refractivity contribution in [3.8, 4) is 0 Å². The average Bonchev–Trinajstić information content (AvgIpc) is 2.55. The summed E-state index contributed by atoms with van der Waals surface area (Å²) in [5.74, 6) is 0.631. The third-order valence-electron chi connectivity index (χ3n) is 4.88. The van der Waals surface area contributed by atoms with Crippen LogP contribution in [0.25, 0.3) is 0 Å². The third-order valence-corrected chi connectivity index (χ3v) is 6.96. The van der Waals surface area contributed by atoms with Crippen LogP contribution in [0.3, 0.4) is 0 Å². The Morgan fingerprint density at radius 1 is 1.17 bits per heavy atom. The Morgan fingerprint density at radius 2 is 1.96 bits per heavy atom. The number of piperidine rings is 2. The highest BCUT2D eigenvalue weighted by Crippen LogP contribution is 2.25. The number of hydrogen-bond acceptors (Lipinski definition) is 4. The van der Waals surface area contributed by atoms with Gasteiger partial charge in [0, 0.05) is 19.6 Å². The van der Waals surface area contributed by atoms with Crippen LogP contribution < -0.4 is 5.32 Å². The van der Waals surface area contributed by atoms with Crippen LogP contribution in [0.1, 0.15) is 45.4 Å². The summed E-state index contributed by atoms with van der Waals surface area (Å²) in [5.41, 5.74) is 0. The zero-order chi connectivity index (χ0) is 16.9. The first-order valence-corrected chi connectivity index (χ1v) is 10.5. The van der Waals surface area contributed by atoms with Crippen LogP contribution in [0.15, 0.2) is 0 Å². The lowest BCUT2D eigenvalue weighted by atomic mass is 9.96. The minimum Gasteiger partial charge on any atom is -0.341 e. The van der Waals surface area contributed by atoms with Gasteiger partial charge in [-0.3, -0.25) is 4.79 Å². The Balaban J connectivity index is 2.09. The fourth-order valence-electron chi connectivity index (χ4n) is 3.79. The summed E-state index contributed by atoms with van der Waals surface area (Å²) < 4.78 is 26.5. The first-order valence-electron chi connectivity index (χ1n) is 8.92. The van der Waals surface area contributed by atoms with Crippen LogP contribution in [0.2, 0.25) is 0 Å². The number of nitrogens with zero attached hydrogens (tertiary/aromatic N) is 2. The SMILES string of the molecule is CCCS(=O)(=O)N1CCCCC1C(=O)N1CCCC(CNC)C1. The molecule has 1 N–H and O–H groups in total. The number of carbonyl (C=O) groups is 1. The number of nitrogens with one attached hydrogen (secondary N) is 1. The Bertz CT molecular complexity index is 493. The van der Waals surface area contributed by atoms with Gasteiger partial charge < -0.3 is 10.2 Å². The summed E-state index contributed by atoms with van der Waals surface area (Å²) in [4.78, 5) is 14.9. The number of sulfonamides is 1. The average molecular weight is 346 g/mol. The van der Waals surface area contributed by atoms with E-state index in [4.69, 9.17) is 0 Å². The fraction of sp³-hybridized carbons (Fsp3) is 0.938. The molecule has 2 rings (SSSR count). The normalized spacial score (nSPS) is 27.1. The lowest BCUT2D eigenvalue weighted by molar-refractivity contribution is -0.138. The molecular formula is C16H31N3O3S. The van der Waals surface area contributed by atoms with Gasteiger partial charge in [-0.05, 0) is 51.6 Å². The van der Waals surface area contributed by atoms with Crippen molar-refractivity contribution in [2.45, 2.75) is 51.5 Å². The predicted octanol–water partition coefficient (Wildman–Crippen LogP) is 1.04. The van der Waals surface area contributed by atoms with Gasteiger partial charge in [0.25, 0.3) is 0 Å². The maximum absolute atomic E-state index is 13.0. The Morgan fingerprint density at radius 3 is 2.65 bits per heavy atom. The first kappa shape index (κ1) is 18.7. The van der Waals surface area contributed by atoms with Crippen LogP contribution >= 0.6 is 0 Å². The molecule has 0 aromatic rings. The van der Waals surface area contributed by atoms with E-state index in [-0.39, 0.29) is 11.7 Å². The molecule has 0 aliphatic carbocycles. The van der Waals surface area contributed by atoms with Gasteiger partial charge in [0.15, 0.2) is 0 Å². The Labute approximate surface area is 140 Å². The summed E-state index contributed by atoms with van der Waals surface area (Å²) in [7, 11) is -1.39. The molecule has 2 aliphatic heterocycles. The molecule has 0 spiro atoms. The zero-order valence-electron chi connectivity index (χ0n) is 14.5. The summed E-state index contributed by atoms with van der Waals surface area (Å²) in [5, 5.41) is 3.18. The van der Waals surface area contributed by atoms with E-state index in [2.05, 4.69) is 5.32 Å². The minimum absolute atomic E-state index is 0.0187. The van der Waals surface area contributed by atoms with Crippen molar-refractivity contribution in [1.82, 2.24) is 14.5 Å². The van der Waals surface area contributed by atoms with Crippen molar-refractivity contribution in [3.63, 3.8) is 0 Å². The van der Waals surface area contributed by atoms with E-state index in [1.165, 1.54) is 4.31 Å². The van der Waals surface area contributed by atoms with Crippen molar-refractivity contribution in [1.29, 1.82) is 0 Å². The second kappa shape index (κ2) is 8.44. The Hall–Kier alpha value is -0.660. The molecule has 2 saturated heterocycles. The van der Waals surface area contributed by atoms with Crippen LogP contribution in [0.4, 0.5) is 0 Å². The molecule has 6 nitrogen and oxygen atoms in total. The second-order valence-corrected chi connectivity index (χ2v) is 8.83. The largest absolute Gasteiger partial charge is 0.341 e. The maximum Gasteiger partial charge on any atom is 0.241 e. The minimum atomic E-state index is -3.32. The molecule has 0 radical (unpaired) electrons. The van der Waals surface area contributed by atoms with Crippen molar-refractivity contribution in [2.75, 3.05) is 39.0 Å². The van der Waals surface area contributed by atoms with E-state index in [0.29, 0.717) is 25.3 Å². The molecule has 2 atom stereocenters. The molecule has 134 valence electrons. The molecule has 0 bridgehead atoms. The monoisotopic (exact) mass is 345 g/mol. The van der Waals surface area contributed by atoms with Gasteiger partial charge in [-0.25, -0.2) is 8.42 Å². The quantitative estimate of drug-likeness (QED) is 0.781. The van der Waals surface area contributed by atoms with Crippen LogP contribution in [0, 0.1) is 5.92 Å². The van der Waals surface area contributed by atoms with Crippen molar-refractivity contribution in [3.05, 3.63) is 0 Å². The highest BCUT2D eigenvalue weighted by atomic mass is 32.2. The molecule has 1 amide bonds. The van der Waals surface area contributed by atoms with E-state index in [9.17, 15) is 13.2 Å². The molecule has 0 aromatic carbocycles. The second-order valence-electron chi connectivity index (χ2n) is 6.79. The van der Waals surface area contributed by atoms with Gasteiger partial charge in [-0.1, -0.05) is 13.3 Å². The van der Waals surface area contributed by atoms with E-state index in [0.717, 1.165) is 45.3 Å². The predicted molar refractivity (Wildman–Crippen MR) is 91.7 cm³/mol. The standard InChI is InChI=1S/C16H31N3O3S/c1-3-11-23(21,22)19-10-5-4-8-15(19)16(20)18-9-6-7-14(13-18)12-17-2/h14-15,17H,3-13H2,1-2H3. The topological polar surface area (TPSA) is 69.7 Å². The van der Waals surface area contributed by atoms with E-state index in [1.807, 2.05) is 18.9 Å². The first-order chi connectivity index (χ1) is 11.0. The van der Waals surface area contributed by atoms with Crippen molar-refractivity contribution >= 4 is 15.9 Å². The van der Waals surface area contributed by atoms with Crippen molar-refractivity contribution < 1.29 is 13.2 Å². The van der Waals surface area contributed by atoms with Gasteiger partial charge in [0.2, 0.25) is 15.9 Å². The molecule has 2 heterocycles.